The Morgan fingerprint density at radius 3 is 2.57 bits per heavy atom. The lowest BCUT2D eigenvalue weighted by atomic mass is 10.1. The Hall–Kier alpha value is -3.02. The minimum Gasteiger partial charge on any atom is -0.476 e. The van der Waals surface area contributed by atoms with E-state index in [4.69, 9.17) is 5.11 Å². The van der Waals surface area contributed by atoms with Crippen LogP contribution in [0.5, 0.6) is 0 Å². The summed E-state index contributed by atoms with van der Waals surface area (Å²) < 4.78 is 1.79. The normalized spacial score (nSPS) is 10.5. The summed E-state index contributed by atoms with van der Waals surface area (Å²) in [6.45, 7) is 0. The van der Waals surface area contributed by atoms with E-state index >= 15 is 0 Å². The molecule has 104 valence electrons. The molecule has 0 bridgehead atoms. The Bertz CT molecular complexity index is 793. The minimum atomic E-state index is -1.09. The van der Waals surface area contributed by atoms with Gasteiger partial charge in [0.25, 0.3) is 0 Å². The fourth-order valence-corrected chi connectivity index (χ4v) is 2.08. The van der Waals surface area contributed by atoms with Gasteiger partial charge in [-0.2, -0.15) is 5.10 Å². The molecule has 0 radical (unpaired) electrons. The number of carbonyl (C=O) groups is 1. The van der Waals surface area contributed by atoms with Gasteiger partial charge in [0.15, 0.2) is 5.69 Å². The molecule has 3 aromatic rings. The summed E-state index contributed by atoms with van der Waals surface area (Å²) in [6, 6.07) is 9.72. The van der Waals surface area contributed by atoms with Crippen LogP contribution in [0, 0.1) is 0 Å². The Balaban J connectivity index is 2.00. The highest BCUT2D eigenvalue weighted by Gasteiger charge is 2.08. The molecular formula is C15H12N4O2. The van der Waals surface area contributed by atoms with Crippen molar-refractivity contribution in [1.82, 2.24) is 19.7 Å². The first-order valence-electron chi connectivity index (χ1n) is 6.29. The van der Waals surface area contributed by atoms with Crippen LogP contribution in [0.15, 0.2) is 48.9 Å². The van der Waals surface area contributed by atoms with Crippen LogP contribution in [-0.4, -0.2) is 30.8 Å². The van der Waals surface area contributed by atoms with Gasteiger partial charge in [0, 0.05) is 24.4 Å². The fraction of sp³-hybridized carbons (Fsp3) is 0.0667. The highest BCUT2D eigenvalue weighted by atomic mass is 16.4. The van der Waals surface area contributed by atoms with Crippen molar-refractivity contribution in [3.8, 4) is 22.5 Å². The van der Waals surface area contributed by atoms with E-state index in [1.165, 1.54) is 12.4 Å². The number of hydrogen-bond acceptors (Lipinski definition) is 4. The summed E-state index contributed by atoms with van der Waals surface area (Å²) in [4.78, 5) is 18.8. The molecule has 0 saturated heterocycles. The summed E-state index contributed by atoms with van der Waals surface area (Å²) in [5, 5.41) is 13.0. The topological polar surface area (TPSA) is 80.9 Å². The summed E-state index contributed by atoms with van der Waals surface area (Å²) in [7, 11) is 1.88. The molecule has 0 fully saturated rings. The van der Waals surface area contributed by atoms with Gasteiger partial charge < -0.3 is 5.11 Å². The molecule has 21 heavy (non-hydrogen) atoms. The second-order valence-electron chi connectivity index (χ2n) is 4.51. The van der Waals surface area contributed by atoms with Crippen LogP contribution >= 0.6 is 0 Å². The van der Waals surface area contributed by atoms with E-state index < -0.39 is 5.97 Å². The van der Waals surface area contributed by atoms with Gasteiger partial charge in [0.2, 0.25) is 0 Å². The predicted octanol–water partition coefficient (Wildman–Crippen LogP) is 2.24. The summed E-state index contributed by atoms with van der Waals surface area (Å²) >= 11 is 0. The van der Waals surface area contributed by atoms with Gasteiger partial charge in [0.05, 0.1) is 23.8 Å². The molecule has 0 amide bonds. The molecule has 6 heteroatoms. The molecule has 0 atom stereocenters. The lowest BCUT2D eigenvalue weighted by Gasteiger charge is -2.05. The Morgan fingerprint density at radius 1 is 1.14 bits per heavy atom. The number of aromatic carboxylic acids is 1. The lowest BCUT2D eigenvalue weighted by molar-refractivity contribution is 0.0690. The fourth-order valence-electron chi connectivity index (χ4n) is 2.08. The van der Waals surface area contributed by atoms with Gasteiger partial charge in [-0.05, 0) is 12.1 Å². The molecule has 3 rings (SSSR count). The number of carboxylic acid groups (broad SMARTS) is 1. The van der Waals surface area contributed by atoms with E-state index in [-0.39, 0.29) is 5.69 Å². The summed E-state index contributed by atoms with van der Waals surface area (Å²) in [5.41, 5.74) is 3.44. The maximum atomic E-state index is 10.8. The van der Waals surface area contributed by atoms with Crippen LogP contribution in [-0.2, 0) is 7.05 Å². The standard InChI is InChI=1S/C15H12N4O2/c1-19-14(5-6-18-19)11-4-2-3-10(7-11)12-8-17-13(9-16-12)15(20)21/h2-9H,1H3,(H,20,21). The van der Waals surface area contributed by atoms with E-state index in [1.54, 1.807) is 10.9 Å². The number of benzene rings is 1. The van der Waals surface area contributed by atoms with Gasteiger partial charge in [-0.25, -0.2) is 9.78 Å². The Labute approximate surface area is 120 Å². The van der Waals surface area contributed by atoms with E-state index in [0.29, 0.717) is 5.69 Å². The molecule has 0 aliphatic rings. The van der Waals surface area contributed by atoms with E-state index in [1.807, 2.05) is 37.4 Å². The van der Waals surface area contributed by atoms with E-state index in [9.17, 15) is 4.79 Å². The Morgan fingerprint density at radius 2 is 1.95 bits per heavy atom. The predicted molar refractivity (Wildman–Crippen MR) is 76.6 cm³/mol. The van der Waals surface area contributed by atoms with Gasteiger partial charge in [-0.3, -0.25) is 9.67 Å². The number of nitrogens with zero attached hydrogens (tertiary/aromatic N) is 4. The van der Waals surface area contributed by atoms with E-state index in [0.717, 1.165) is 16.8 Å². The zero-order chi connectivity index (χ0) is 14.8. The maximum Gasteiger partial charge on any atom is 0.356 e. The average molecular weight is 280 g/mol. The van der Waals surface area contributed by atoms with Gasteiger partial charge in [-0.1, -0.05) is 18.2 Å². The van der Waals surface area contributed by atoms with Crippen LogP contribution in [0.2, 0.25) is 0 Å². The average Bonchev–Trinajstić information content (AvgIpc) is 2.94. The zero-order valence-electron chi connectivity index (χ0n) is 11.3. The van der Waals surface area contributed by atoms with Gasteiger partial charge in [0.1, 0.15) is 0 Å². The monoisotopic (exact) mass is 280 g/mol. The van der Waals surface area contributed by atoms with Crippen LogP contribution in [0.25, 0.3) is 22.5 Å². The molecule has 0 aliphatic heterocycles. The van der Waals surface area contributed by atoms with E-state index in [2.05, 4.69) is 15.1 Å². The van der Waals surface area contributed by atoms with Crippen LogP contribution in [0.3, 0.4) is 0 Å². The molecule has 0 spiro atoms. The maximum absolute atomic E-state index is 10.8. The minimum absolute atomic E-state index is 0.0680. The largest absolute Gasteiger partial charge is 0.476 e. The molecule has 0 saturated carbocycles. The molecule has 2 heterocycles. The first-order chi connectivity index (χ1) is 10.1. The number of hydrogen-bond donors (Lipinski definition) is 1. The summed E-state index contributed by atoms with van der Waals surface area (Å²) in [5.74, 6) is -1.09. The lowest BCUT2D eigenvalue weighted by Crippen LogP contribution is -2.01. The zero-order valence-corrected chi connectivity index (χ0v) is 11.3. The van der Waals surface area contributed by atoms with Crippen LogP contribution < -0.4 is 0 Å². The molecular weight excluding hydrogens is 268 g/mol. The highest BCUT2D eigenvalue weighted by Crippen LogP contribution is 2.24. The number of aryl methyl sites for hydroxylation is 1. The van der Waals surface area contributed by atoms with Gasteiger partial charge in [-0.15, -0.1) is 0 Å². The number of aromatic nitrogens is 4. The van der Waals surface area contributed by atoms with Crippen molar-refractivity contribution in [2.45, 2.75) is 0 Å². The Kier molecular flexibility index (Phi) is 3.19. The molecule has 0 unspecified atom stereocenters. The van der Waals surface area contributed by atoms with Crippen molar-refractivity contribution < 1.29 is 9.90 Å². The molecule has 0 aliphatic carbocycles. The number of carboxylic acids is 1. The van der Waals surface area contributed by atoms with Crippen molar-refractivity contribution in [2.24, 2.45) is 7.05 Å². The third-order valence-electron chi connectivity index (χ3n) is 3.15. The second-order valence-corrected chi connectivity index (χ2v) is 4.51. The van der Waals surface area contributed by atoms with Crippen molar-refractivity contribution in [1.29, 1.82) is 0 Å². The van der Waals surface area contributed by atoms with Gasteiger partial charge >= 0.3 is 5.97 Å². The highest BCUT2D eigenvalue weighted by molar-refractivity contribution is 5.85. The smallest absolute Gasteiger partial charge is 0.356 e. The third kappa shape index (κ3) is 2.51. The van der Waals surface area contributed by atoms with Crippen molar-refractivity contribution in [2.75, 3.05) is 0 Å². The summed E-state index contributed by atoms with van der Waals surface area (Å²) in [6.07, 6.45) is 4.46. The number of rotatable bonds is 3. The molecule has 2 aromatic heterocycles. The van der Waals surface area contributed by atoms with Crippen LogP contribution in [0.1, 0.15) is 10.5 Å². The van der Waals surface area contributed by atoms with Crippen LogP contribution in [0.4, 0.5) is 0 Å². The van der Waals surface area contributed by atoms with Crippen molar-refractivity contribution in [3.05, 3.63) is 54.6 Å². The SMILES string of the molecule is Cn1nccc1-c1cccc(-c2cnc(C(=O)O)cn2)c1. The van der Waals surface area contributed by atoms with Crippen molar-refractivity contribution >= 4 is 5.97 Å². The first-order valence-corrected chi connectivity index (χ1v) is 6.29. The van der Waals surface area contributed by atoms with Crippen molar-refractivity contribution in [3.63, 3.8) is 0 Å². The molecule has 6 nitrogen and oxygen atoms in total. The second kappa shape index (κ2) is 5.16. The third-order valence-corrected chi connectivity index (χ3v) is 3.15. The first kappa shape index (κ1) is 13.0. The quantitative estimate of drug-likeness (QED) is 0.795. The molecule has 1 aromatic carbocycles. The molecule has 1 N–H and O–H groups in total.